The Hall–Kier alpha value is -1.10. The van der Waals surface area contributed by atoms with E-state index < -0.39 is 6.10 Å². The number of nitrogens with zero attached hydrogens (tertiary/aromatic N) is 1. The van der Waals surface area contributed by atoms with Crippen molar-refractivity contribution in [3.8, 4) is 0 Å². The summed E-state index contributed by atoms with van der Waals surface area (Å²) in [5.41, 5.74) is 0. The lowest BCUT2D eigenvalue weighted by Gasteiger charge is -2.31. The second-order valence-corrected chi connectivity index (χ2v) is 5.69. The fourth-order valence-electron chi connectivity index (χ4n) is 2.41. The van der Waals surface area contributed by atoms with Gasteiger partial charge in [-0.1, -0.05) is 13.3 Å². The van der Waals surface area contributed by atoms with Crippen molar-refractivity contribution >= 4 is 11.8 Å². The molecule has 0 bridgehead atoms. The molecule has 20 heavy (non-hydrogen) atoms. The van der Waals surface area contributed by atoms with Crippen molar-refractivity contribution in [1.29, 1.82) is 0 Å². The standard InChI is InChI=1S/C15H28N2O3/c1-3-4-9-16-15(20)13-7-10-17(11-8-13)14(19)6-5-12(2)18/h12-13,18H,3-11H2,1-2H3,(H,16,20). The van der Waals surface area contributed by atoms with E-state index in [-0.39, 0.29) is 17.7 Å². The maximum Gasteiger partial charge on any atom is 0.223 e. The highest BCUT2D eigenvalue weighted by atomic mass is 16.3. The first-order valence-corrected chi connectivity index (χ1v) is 7.78. The first-order chi connectivity index (χ1) is 9.54. The number of rotatable bonds is 7. The third-order valence-electron chi connectivity index (χ3n) is 3.82. The molecule has 2 N–H and O–H groups in total. The molecular formula is C15H28N2O3. The topological polar surface area (TPSA) is 69.6 Å². The van der Waals surface area contributed by atoms with Crippen molar-refractivity contribution in [2.75, 3.05) is 19.6 Å². The average Bonchev–Trinajstić information content (AvgIpc) is 2.45. The molecule has 0 saturated carbocycles. The number of carbonyl (C=O) groups is 2. The average molecular weight is 284 g/mol. The molecule has 1 fully saturated rings. The normalized spacial score (nSPS) is 17.9. The number of likely N-dealkylation sites (tertiary alicyclic amines) is 1. The van der Waals surface area contributed by atoms with Crippen LogP contribution in [0.1, 0.15) is 52.4 Å². The van der Waals surface area contributed by atoms with Crippen LogP contribution in [0.3, 0.4) is 0 Å². The van der Waals surface area contributed by atoms with Gasteiger partial charge in [-0.25, -0.2) is 0 Å². The fourth-order valence-corrected chi connectivity index (χ4v) is 2.41. The lowest BCUT2D eigenvalue weighted by atomic mass is 9.95. The van der Waals surface area contributed by atoms with Crippen LogP contribution in [0.25, 0.3) is 0 Å². The van der Waals surface area contributed by atoms with Gasteiger partial charge >= 0.3 is 0 Å². The van der Waals surface area contributed by atoms with Gasteiger partial charge < -0.3 is 15.3 Å². The molecule has 0 aliphatic carbocycles. The van der Waals surface area contributed by atoms with Crippen LogP contribution in [-0.2, 0) is 9.59 Å². The molecule has 1 aliphatic rings. The van der Waals surface area contributed by atoms with Crippen LogP contribution >= 0.6 is 0 Å². The van der Waals surface area contributed by atoms with Gasteiger partial charge in [-0.2, -0.15) is 0 Å². The smallest absolute Gasteiger partial charge is 0.223 e. The van der Waals surface area contributed by atoms with Crippen LogP contribution in [0, 0.1) is 5.92 Å². The van der Waals surface area contributed by atoms with Crippen molar-refractivity contribution in [1.82, 2.24) is 10.2 Å². The van der Waals surface area contributed by atoms with Crippen molar-refractivity contribution < 1.29 is 14.7 Å². The van der Waals surface area contributed by atoms with Gasteiger partial charge in [0.05, 0.1) is 6.10 Å². The molecule has 0 spiro atoms. The van der Waals surface area contributed by atoms with Gasteiger partial charge in [-0.15, -0.1) is 0 Å². The minimum atomic E-state index is -0.430. The van der Waals surface area contributed by atoms with Gasteiger partial charge in [0.2, 0.25) is 11.8 Å². The number of carbonyl (C=O) groups excluding carboxylic acids is 2. The molecule has 1 unspecified atom stereocenters. The number of hydrogen-bond acceptors (Lipinski definition) is 3. The SMILES string of the molecule is CCCCNC(=O)C1CCN(C(=O)CCC(C)O)CC1. The number of piperidine rings is 1. The minimum absolute atomic E-state index is 0.0488. The Kier molecular flexibility index (Phi) is 7.59. The van der Waals surface area contributed by atoms with Crippen LogP contribution in [0.2, 0.25) is 0 Å². The number of amides is 2. The van der Waals surface area contributed by atoms with E-state index in [4.69, 9.17) is 0 Å². The van der Waals surface area contributed by atoms with Crippen LogP contribution in [0.4, 0.5) is 0 Å². The summed E-state index contributed by atoms with van der Waals surface area (Å²) in [6.07, 6.45) is 4.07. The van der Waals surface area contributed by atoms with Crippen LogP contribution in [0.15, 0.2) is 0 Å². The number of aliphatic hydroxyl groups excluding tert-OH is 1. The quantitative estimate of drug-likeness (QED) is 0.692. The molecule has 0 radical (unpaired) electrons. The number of nitrogens with one attached hydrogen (secondary N) is 1. The highest BCUT2D eigenvalue weighted by Crippen LogP contribution is 2.18. The van der Waals surface area contributed by atoms with Gasteiger partial charge in [0, 0.05) is 32.0 Å². The summed E-state index contributed by atoms with van der Waals surface area (Å²) >= 11 is 0. The zero-order valence-corrected chi connectivity index (χ0v) is 12.7. The molecule has 1 saturated heterocycles. The largest absolute Gasteiger partial charge is 0.393 e. The van der Waals surface area contributed by atoms with Gasteiger partial charge in [0.15, 0.2) is 0 Å². The van der Waals surface area contributed by atoms with Crippen LogP contribution in [-0.4, -0.2) is 47.6 Å². The minimum Gasteiger partial charge on any atom is -0.393 e. The maximum absolute atomic E-state index is 11.9. The molecule has 1 heterocycles. The highest BCUT2D eigenvalue weighted by molar-refractivity contribution is 5.80. The predicted octanol–water partition coefficient (Wildman–Crippen LogP) is 1.30. The Labute approximate surface area is 121 Å². The second-order valence-electron chi connectivity index (χ2n) is 5.69. The number of aliphatic hydroxyl groups is 1. The first-order valence-electron chi connectivity index (χ1n) is 7.78. The third kappa shape index (κ3) is 5.90. The van der Waals surface area contributed by atoms with E-state index in [0.717, 1.165) is 32.2 Å². The lowest BCUT2D eigenvalue weighted by Crippen LogP contribution is -2.43. The molecule has 5 nitrogen and oxygen atoms in total. The van der Waals surface area contributed by atoms with E-state index in [1.165, 1.54) is 0 Å². The lowest BCUT2D eigenvalue weighted by molar-refractivity contribution is -0.136. The summed E-state index contributed by atoms with van der Waals surface area (Å²) in [5.74, 6) is 0.276. The van der Waals surface area contributed by atoms with Gasteiger partial charge in [-0.3, -0.25) is 9.59 Å². The summed E-state index contributed by atoms with van der Waals surface area (Å²) in [5, 5.41) is 12.2. The summed E-state index contributed by atoms with van der Waals surface area (Å²) in [6, 6.07) is 0. The molecule has 1 rings (SSSR count). The fraction of sp³-hybridized carbons (Fsp3) is 0.867. The molecule has 5 heteroatoms. The van der Waals surface area contributed by atoms with E-state index in [9.17, 15) is 14.7 Å². The van der Waals surface area contributed by atoms with Gasteiger partial charge in [-0.05, 0) is 32.6 Å². The Morgan fingerprint density at radius 3 is 2.55 bits per heavy atom. The molecule has 0 aromatic heterocycles. The van der Waals surface area contributed by atoms with E-state index in [1.807, 2.05) is 4.90 Å². The highest BCUT2D eigenvalue weighted by Gasteiger charge is 2.26. The Balaban J connectivity index is 2.25. The molecule has 2 amide bonds. The van der Waals surface area contributed by atoms with E-state index in [2.05, 4.69) is 12.2 Å². The molecule has 0 aromatic carbocycles. The van der Waals surface area contributed by atoms with Gasteiger partial charge in [0.1, 0.15) is 0 Å². The number of unbranched alkanes of at least 4 members (excludes halogenated alkanes) is 1. The zero-order valence-electron chi connectivity index (χ0n) is 12.7. The van der Waals surface area contributed by atoms with E-state index >= 15 is 0 Å². The Morgan fingerprint density at radius 1 is 1.35 bits per heavy atom. The Bertz CT molecular complexity index is 310. The maximum atomic E-state index is 11.9. The second kappa shape index (κ2) is 8.95. The zero-order chi connectivity index (χ0) is 15.0. The number of hydrogen-bond donors (Lipinski definition) is 2. The van der Waals surface area contributed by atoms with Crippen LogP contribution < -0.4 is 5.32 Å². The monoisotopic (exact) mass is 284 g/mol. The summed E-state index contributed by atoms with van der Waals surface area (Å²) in [4.78, 5) is 25.6. The van der Waals surface area contributed by atoms with Crippen molar-refractivity contribution in [3.05, 3.63) is 0 Å². The van der Waals surface area contributed by atoms with Crippen molar-refractivity contribution in [2.24, 2.45) is 5.92 Å². The summed E-state index contributed by atoms with van der Waals surface area (Å²) < 4.78 is 0. The molecule has 1 aliphatic heterocycles. The first kappa shape index (κ1) is 17.0. The predicted molar refractivity (Wildman–Crippen MR) is 78.1 cm³/mol. The van der Waals surface area contributed by atoms with E-state index in [0.29, 0.717) is 25.9 Å². The Morgan fingerprint density at radius 2 is 2.00 bits per heavy atom. The van der Waals surface area contributed by atoms with E-state index in [1.54, 1.807) is 6.92 Å². The molecular weight excluding hydrogens is 256 g/mol. The summed E-state index contributed by atoms with van der Waals surface area (Å²) in [7, 11) is 0. The molecule has 0 aromatic rings. The summed E-state index contributed by atoms with van der Waals surface area (Å²) in [6.45, 7) is 5.86. The van der Waals surface area contributed by atoms with Crippen LogP contribution in [0.5, 0.6) is 0 Å². The third-order valence-corrected chi connectivity index (χ3v) is 3.82. The van der Waals surface area contributed by atoms with Crippen molar-refractivity contribution in [2.45, 2.75) is 58.5 Å². The van der Waals surface area contributed by atoms with Crippen molar-refractivity contribution in [3.63, 3.8) is 0 Å². The van der Waals surface area contributed by atoms with Gasteiger partial charge in [0.25, 0.3) is 0 Å². The molecule has 1 atom stereocenters. The molecule has 116 valence electrons.